The topological polar surface area (TPSA) is 42.2 Å². The lowest BCUT2D eigenvalue weighted by atomic mass is 9.69. The van der Waals surface area contributed by atoms with Gasteiger partial charge in [-0.15, -0.1) is 0 Å². The van der Waals surface area contributed by atoms with E-state index in [2.05, 4.69) is 36.5 Å². The van der Waals surface area contributed by atoms with Gasteiger partial charge in [0.05, 0.1) is 6.26 Å². The monoisotopic (exact) mass is 311 g/mol. The predicted molar refractivity (Wildman–Crippen MR) is 91.7 cm³/mol. The highest BCUT2D eigenvalue weighted by Gasteiger charge is 2.34. The Hall–Kier alpha value is -2.03. The first-order valence-corrected chi connectivity index (χ1v) is 8.50. The lowest BCUT2D eigenvalue weighted by Gasteiger charge is -2.38. The summed E-state index contributed by atoms with van der Waals surface area (Å²) in [5.74, 6) is 0.324. The molecule has 3 nitrogen and oxygen atoms in total. The van der Waals surface area contributed by atoms with Gasteiger partial charge in [0.2, 0.25) is 0 Å². The molecule has 1 fully saturated rings. The van der Waals surface area contributed by atoms with Crippen LogP contribution in [-0.4, -0.2) is 12.5 Å². The normalized spacial score (nSPS) is 17.0. The van der Waals surface area contributed by atoms with Gasteiger partial charge in [0.1, 0.15) is 0 Å². The molecule has 1 aromatic heterocycles. The van der Waals surface area contributed by atoms with Crippen molar-refractivity contribution < 1.29 is 9.21 Å². The van der Waals surface area contributed by atoms with Crippen LogP contribution < -0.4 is 5.32 Å². The molecule has 3 rings (SSSR count). The Morgan fingerprint density at radius 1 is 1.17 bits per heavy atom. The van der Waals surface area contributed by atoms with E-state index < -0.39 is 0 Å². The molecule has 0 spiro atoms. The molecule has 0 atom stereocenters. The number of rotatable bonds is 4. The molecule has 0 bridgehead atoms. The van der Waals surface area contributed by atoms with E-state index in [1.807, 2.05) is 13.0 Å². The van der Waals surface area contributed by atoms with Crippen molar-refractivity contribution in [3.63, 3.8) is 0 Å². The Morgan fingerprint density at radius 3 is 2.61 bits per heavy atom. The summed E-state index contributed by atoms with van der Waals surface area (Å²) >= 11 is 0. The predicted octanol–water partition coefficient (Wildman–Crippen LogP) is 4.53. The molecule has 0 saturated heterocycles. The third kappa shape index (κ3) is 3.34. The zero-order chi connectivity index (χ0) is 16.3. The van der Waals surface area contributed by atoms with Gasteiger partial charge in [-0.3, -0.25) is 4.79 Å². The molecular weight excluding hydrogens is 286 g/mol. The van der Waals surface area contributed by atoms with Crippen LogP contribution in [0, 0.1) is 13.8 Å². The Balaban J connectivity index is 1.80. The molecule has 1 aromatic carbocycles. The van der Waals surface area contributed by atoms with Gasteiger partial charge in [0, 0.05) is 17.5 Å². The quantitative estimate of drug-likeness (QED) is 0.901. The Morgan fingerprint density at radius 2 is 1.96 bits per heavy atom. The van der Waals surface area contributed by atoms with Crippen LogP contribution in [0.25, 0.3) is 0 Å². The summed E-state index contributed by atoms with van der Waals surface area (Å²) in [4.78, 5) is 12.4. The van der Waals surface area contributed by atoms with Crippen molar-refractivity contribution in [2.75, 3.05) is 6.54 Å². The Labute approximate surface area is 138 Å². The second-order valence-corrected chi connectivity index (χ2v) is 6.83. The highest BCUT2D eigenvalue weighted by molar-refractivity contribution is 5.92. The number of benzene rings is 1. The lowest BCUT2D eigenvalue weighted by molar-refractivity contribution is 0.0908. The molecule has 1 saturated carbocycles. The number of carbonyl (C=O) groups excluding carboxylic acids is 1. The zero-order valence-corrected chi connectivity index (χ0v) is 14.0. The maximum absolute atomic E-state index is 12.4. The summed E-state index contributed by atoms with van der Waals surface area (Å²) in [5, 5.41) is 3.12. The van der Waals surface area contributed by atoms with Gasteiger partial charge in [-0.05, 0) is 38.3 Å². The van der Waals surface area contributed by atoms with Crippen molar-refractivity contribution in [1.29, 1.82) is 0 Å². The van der Waals surface area contributed by atoms with Gasteiger partial charge in [-0.1, -0.05) is 49.1 Å². The highest BCUT2D eigenvalue weighted by Crippen LogP contribution is 2.39. The molecule has 1 aliphatic rings. The van der Waals surface area contributed by atoms with E-state index in [1.54, 1.807) is 6.26 Å². The van der Waals surface area contributed by atoms with Crippen molar-refractivity contribution in [3.8, 4) is 0 Å². The summed E-state index contributed by atoms with van der Waals surface area (Å²) in [6, 6.07) is 10.6. The van der Waals surface area contributed by atoms with Crippen LogP contribution in [0.5, 0.6) is 0 Å². The molecule has 0 radical (unpaired) electrons. The van der Waals surface area contributed by atoms with E-state index in [0.29, 0.717) is 12.3 Å². The lowest BCUT2D eigenvalue weighted by Crippen LogP contribution is -2.42. The van der Waals surface area contributed by atoms with Crippen molar-refractivity contribution in [2.45, 2.75) is 51.4 Å². The van der Waals surface area contributed by atoms with Gasteiger partial charge in [-0.25, -0.2) is 0 Å². The fraction of sp³-hybridized carbons (Fsp3) is 0.450. The maximum atomic E-state index is 12.4. The van der Waals surface area contributed by atoms with Crippen LogP contribution in [0.4, 0.5) is 0 Å². The molecule has 1 heterocycles. The average Bonchev–Trinajstić information content (AvgIpc) is 3.00. The number of hydrogen-bond acceptors (Lipinski definition) is 2. The van der Waals surface area contributed by atoms with Gasteiger partial charge >= 0.3 is 0 Å². The first kappa shape index (κ1) is 15.9. The van der Waals surface area contributed by atoms with Crippen LogP contribution in [0.1, 0.15) is 59.3 Å². The molecule has 1 N–H and O–H groups in total. The van der Waals surface area contributed by atoms with Gasteiger partial charge in [0.25, 0.3) is 5.91 Å². The molecule has 1 amide bonds. The van der Waals surface area contributed by atoms with Gasteiger partial charge < -0.3 is 9.73 Å². The molecule has 122 valence electrons. The molecule has 3 heteroatoms. The standard InChI is InChI=1S/C20H25NO2/c1-15-7-6-8-17(13-15)20(10-4-3-5-11-20)14-21-19(22)18-16(2)9-12-23-18/h6-9,12-13H,3-5,10-11,14H2,1-2H3,(H,21,22). The third-order valence-corrected chi connectivity index (χ3v) is 5.10. The average molecular weight is 311 g/mol. The Bertz CT molecular complexity index is 680. The number of nitrogens with one attached hydrogen (secondary N) is 1. The largest absolute Gasteiger partial charge is 0.459 e. The zero-order valence-electron chi connectivity index (χ0n) is 14.0. The first-order valence-electron chi connectivity index (χ1n) is 8.50. The summed E-state index contributed by atoms with van der Waals surface area (Å²) in [6.45, 7) is 4.70. The molecule has 23 heavy (non-hydrogen) atoms. The SMILES string of the molecule is Cc1cccc(C2(CNC(=O)c3occc3C)CCCCC2)c1. The second kappa shape index (κ2) is 6.61. The second-order valence-electron chi connectivity index (χ2n) is 6.83. The fourth-order valence-electron chi connectivity index (χ4n) is 3.71. The van der Waals surface area contributed by atoms with Crippen LogP contribution in [-0.2, 0) is 5.41 Å². The van der Waals surface area contributed by atoms with Crippen LogP contribution in [0.3, 0.4) is 0 Å². The van der Waals surface area contributed by atoms with Crippen molar-refractivity contribution in [3.05, 3.63) is 59.0 Å². The number of hydrogen-bond donors (Lipinski definition) is 1. The van der Waals surface area contributed by atoms with Crippen LogP contribution in [0.15, 0.2) is 41.0 Å². The molecule has 2 aromatic rings. The van der Waals surface area contributed by atoms with Crippen LogP contribution >= 0.6 is 0 Å². The summed E-state index contributed by atoms with van der Waals surface area (Å²) in [6.07, 6.45) is 7.58. The number of amides is 1. The van der Waals surface area contributed by atoms with Crippen LogP contribution in [0.2, 0.25) is 0 Å². The molecule has 0 aliphatic heterocycles. The first-order chi connectivity index (χ1) is 11.1. The van der Waals surface area contributed by atoms with E-state index >= 15 is 0 Å². The van der Waals surface area contributed by atoms with Gasteiger partial charge in [-0.2, -0.15) is 0 Å². The van der Waals surface area contributed by atoms with E-state index in [1.165, 1.54) is 30.4 Å². The summed E-state index contributed by atoms with van der Waals surface area (Å²) in [7, 11) is 0. The van der Waals surface area contributed by atoms with E-state index in [-0.39, 0.29) is 11.3 Å². The Kier molecular flexibility index (Phi) is 4.56. The minimum absolute atomic E-state index is 0.0560. The smallest absolute Gasteiger partial charge is 0.287 e. The van der Waals surface area contributed by atoms with Crippen molar-refractivity contribution in [2.24, 2.45) is 0 Å². The van der Waals surface area contributed by atoms with E-state index in [4.69, 9.17) is 4.42 Å². The molecule has 1 aliphatic carbocycles. The fourth-order valence-corrected chi connectivity index (χ4v) is 3.71. The minimum Gasteiger partial charge on any atom is -0.459 e. The maximum Gasteiger partial charge on any atom is 0.287 e. The number of aryl methyl sites for hydroxylation is 2. The minimum atomic E-state index is -0.106. The summed E-state index contributed by atoms with van der Waals surface area (Å²) in [5.41, 5.74) is 3.57. The van der Waals surface area contributed by atoms with Gasteiger partial charge in [0.15, 0.2) is 5.76 Å². The van der Waals surface area contributed by atoms with Crippen molar-refractivity contribution in [1.82, 2.24) is 5.32 Å². The van der Waals surface area contributed by atoms with E-state index in [9.17, 15) is 4.79 Å². The molecule has 0 unspecified atom stereocenters. The third-order valence-electron chi connectivity index (χ3n) is 5.10. The number of carbonyl (C=O) groups is 1. The number of furan rings is 1. The molecular formula is C20H25NO2. The highest BCUT2D eigenvalue weighted by atomic mass is 16.3. The summed E-state index contributed by atoms with van der Waals surface area (Å²) < 4.78 is 5.31. The van der Waals surface area contributed by atoms with Crippen molar-refractivity contribution >= 4 is 5.91 Å². The van der Waals surface area contributed by atoms with E-state index in [0.717, 1.165) is 18.4 Å².